The Hall–Kier alpha value is -3.36. The van der Waals surface area contributed by atoms with Gasteiger partial charge >= 0.3 is 0 Å². The zero-order valence-corrected chi connectivity index (χ0v) is 12.7. The van der Waals surface area contributed by atoms with Gasteiger partial charge < -0.3 is 11.1 Å². The SMILES string of the molecule is NC(=O)[C@H](Cc1ccccc1[N+](=O)[O-])NC(=O)c1ccc(F)c(F)c1. The van der Waals surface area contributed by atoms with E-state index in [0.29, 0.717) is 6.07 Å². The zero-order chi connectivity index (χ0) is 18.6. The van der Waals surface area contributed by atoms with E-state index in [-0.39, 0.29) is 23.2 Å². The Labute approximate surface area is 140 Å². The number of nitro groups is 1. The van der Waals surface area contributed by atoms with Crippen molar-refractivity contribution in [1.82, 2.24) is 5.32 Å². The lowest BCUT2D eigenvalue weighted by molar-refractivity contribution is -0.385. The van der Waals surface area contributed by atoms with E-state index in [0.717, 1.165) is 12.1 Å². The summed E-state index contributed by atoms with van der Waals surface area (Å²) in [5.41, 5.74) is 4.99. The summed E-state index contributed by atoms with van der Waals surface area (Å²) < 4.78 is 26.1. The third-order valence-electron chi connectivity index (χ3n) is 3.44. The molecular weight excluding hydrogens is 336 g/mol. The van der Waals surface area contributed by atoms with Gasteiger partial charge in [-0.1, -0.05) is 18.2 Å². The van der Waals surface area contributed by atoms with Crippen LogP contribution in [0.5, 0.6) is 0 Å². The van der Waals surface area contributed by atoms with Crippen LogP contribution in [0.3, 0.4) is 0 Å². The lowest BCUT2D eigenvalue weighted by Crippen LogP contribution is -2.46. The fourth-order valence-electron chi connectivity index (χ4n) is 2.18. The van der Waals surface area contributed by atoms with E-state index in [2.05, 4.69) is 5.32 Å². The Kier molecular flexibility index (Phi) is 5.38. The molecule has 1 atom stereocenters. The normalized spacial score (nSPS) is 11.6. The molecule has 25 heavy (non-hydrogen) atoms. The van der Waals surface area contributed by atoms with Crippen molar-refractivity contribution in [3.8, 4) is 0 Å². The van der Waals surface area contributed by atoms with Gasteiger partial charge in [-0.3, -0.25) is 19.7 Å². The minimum atomic E-state index is -1.26. The molecule has 130 valence electrons. The number of nitrogens with two attached hydrogens (primary N) is 1. The highest BCUT2D eigenvalue weighted by atomic mass is 19.2. The van der Waals surface area contributed by atoms with Gasteiger partial charge in [0.1, 0.15) is 6.04 Å². The summed E-state index contributed by atoms with van der Waals surface area (Å²) in [5.74, 6) is -4.12. The number of hydrogen-bond acceptors (Lipinski definition) is 4. The van der Waals surface area contributed by atoms with Gasteiger partial charge in [-0.05, 0) is 18.2 Å². The predicted molar refractivity (Wildman–Crippen MR) is 83.6 cm³/mol. The first-order valence-electron chi connectivity index (χ1n) is 7.07. The number of carbonyl (C=O) groups is 2. The van der Waals surface area contributed by atoms with Crippen LogP contribution in [0.4, 0.5) is 14.5 Å². The molecule has 0 saturated carbocycles. The molecule has 0 aliphatic carbocycles. The molecule has 0 unspecified atom stereocenters. The van der Waals surface area contributed by atoms with E-state index in [1.54, 1.807) is 0 Å². The van der Waals surface area contributed by atoms with E-state index < -0.39 is 34.4 Å². The Morgan fingerprint density at radius 1 is 1.16 bits per heavy atom. The van der Waals surface area contributed by atoms with Crippen LogP contribution < -0.4 is 11.1 Å². The molecule has 2 rings (SSSR count). The first-order valence-corrected chi connectivity index (χ1v) is 7.07. The van der Waals surface area contributed by atoms with E-state index in [4.69, 9.17) is 5.73 Å². The number of benzene rings is 2. The third kappa shape index (κ3) is 4.34. The summed E-state index contributed by atoms with van der Waals surface area (Å²) in [4.78, 5) is 34.1. The number of nitrogens with one attached hydrogen (secondary N) is 1. The van der Waals surface area contributed by atoms with Crippen LogP contribution in [-0.2, 0) is 11.2 Å². The molecule has 0 radical (unpaired) electrons. The summed E-state index contributed by atoms with van der Waals surface area (Å²) in [7, 11) is 0. The summed E-state index contributed by atoms with van der Waals surface area (Å²) in [6, 6.07) is 6.90. The maximum absolute atomic E-state index is 13.2. The Bertz CT molecular complexity index is 842. The highest BCUT2D eigenvalue weighted by Crippen LogP contribution is 2.19. The topological polar surface area (TPSA) is 115 Å². The molecule has 0 saturated heterocycles. The number of amides is 2. The third-order valence-corrected chi connectivity index (χ3v) is 3.44. The lowest BCUT2D eigenvalue weighted by atomic mass is 10.0. The second kappa shape index (κ2) is 7.47. The summed E-state index contributed by atoms with van der Waals surface area (Å²) >= 11 is 0. The fraction of sp³-hybridized carbons (Fsp3) is 0.125. The van der Waals surface area contributed by atoms with Crippen molar-refractivity contribution < 1.29 is 23.3 Å². The molecular formula is C16H13F2N3O4. The second-order valence-electron chi connectivity index (χ2n) is 5.15. The van der Waals surface area contributed by atoms with Crippen LogP contribution >= 0.6 is 0 Å². The number of nitro benzene ring substituents is 1. The first-order chi connectivity index (χ1) is 11.8. The quantitative estimate of drug-likeness (QED) is 0.610. The lowest BCUT2D eigenvalue weighted by Gasteiger charge is -2.15. The highest BCUT2D eigenvalue weighted by molar-refractivity contribution is 5.97. The van der Waals surface area contributed by atoms with Gasteiger partial charge in [0.15, 0.2) is 11.6 Å². The molecule has 0 aliphatic rings. The van der Waals surface area contributed by atoms with Crippen LogP contribution in [0, 0.1) is 21.7 Å². The van der Waals surface area contributed by atoms with Crippen LogP contribution in [0.15, 0.2) is 42.5 Å². The van der Waals surface area contributed by atoms with Gasteiger partial charge in [-0.25, -0.2) is 8.78 Å². The molecule has 2 aromatic rings. The minimum Gasteiger partial charge on any atom is -0.368 e. The summed E-state index contributed by atoms with van der Waals surface area (Å²) in [6.07, 6.45) is -0.220. The van der Waals surface area contributed by atoms with Gasteiger partial charge in [0, 0.05) is 23.6 Å². The van der Waals surface area contributed by atoms with Crippen LogP contribution in [0.1, 0.15) is 15.9 Å². The molecule has 9 heteroatoms. The molecule has 2 amide bonds. The number of hydrogen-bond donors (Lipinski definition) is 2. The molecule has 0 aliphatic heterocycles. The van der Waals surface area contributed by atoms with E-state index in [1.807, 2.05) is 0 Å². The van der Waals surface area contributed by atoms with Gasteiger partial charge in [-0.2, -0.15) is 0 Å². The monoisotopic (exact) mass is 349 g/mol. The molecule has 0 aromatic heterocycles. The van der Waals surface area contributed by atoms with Gasteiger partial charge in [0.25, 0.3) is 11.6 Å². The van der Waals surface area contributed by atoms with Gasteiger partial charge in [0.05, 0.1) is 4.92 Å². The zero-order valence-electron chi connectivity index (χ0n) is 12.7. The van der Waals surface area contributed by atoms with Crippen molar-refractivity contribution in [1.29, 1.82) is 0 Å². The van der Waals surface area contributed by atoms with Gasteiger partial charge in [-0.15, -0.1) is 0 Å². The summed E-state index contributed by atoms with van der Waals surface area (Å²) in [6.45, 7) is 0. The van der Waals surface area contributed by atoms with Crippen molar-refractivity contribution in [2.24, 2.45) is 5.73 Å². The van der Waals surface area contributed by atoms with Crippen LogP contribution in [0.25, 0.3) is 0 Å². The van der Waals surface area contributed by atoms with Crippen molar-refractivity contribution >= 4 is 17.5 Å². The number of para-hydroxylation sites is 1. The molecule has 0 bridgehead atoms. The van der Waals surface area contributed by atoms with Gasteiger partial charge in [0.2, 0.25) is 5.91 Å². The van der Waals surface area contributed by atoms with Crippen molar-refractivity contribution in [3.05, 3.63) is 75.3 Å². The number of carbonyl (C=O) groups excluding carboxylic acids is 2. The number of nitrogens with zero attached hydrogens (tertiary/aromatic N) is 1. The van der Waals surface area contributed by atoms with Crippen molar-refractivity contribution in [3.63, 3.8) is 0 Å². The molecule has 3 N–H and O–H groups in total. The predicted octanol–water partition coefficient (Wildman–Crippen LogP) is 1.70. The van der Waals surface area contributed by atoms with Crippen LogP contribution in [-0.4, -0.2) is 22.8 Å². The Balaban J connectivity index is 2.22. The van der Waals surface area contributed by atoms with E-state index >= 15 is 0 Å². The standard InChI is InChI=1S/C16H13F2N3O4/c17-11-6-5-10(7-12(11)18)16(23)20-13(15(19)22)8-9-3-1-2-4-14(9)21(24)25/h1-7,13H,8H2,(H2,19,22)(H,20,23)/t13-/m0/s1. The average molecular weight is 349 g/mol. The molecule has 7 nitrogen and oxygen atoms in total. The average Bonchev–Trinajstić information content (AvgIpc) is 2.56. The first kappa shape index (κ1) is 18.0. The largest absolute Gasteiger partial charge is 0.368 e. The fourth-order valence-corrected chi connectivity index (χ4v) is 2.18. The van der Waals surface area contributed by atoms with Crippen molar-refractivity contribution in [2.45, 2.75) is 12.5 Å². The van der Waals surface area contributed by atoms with Crippen molar-refractivity contribution in [2.75, 3.05) is 0 Å². The number of halogens is 2. The van der Waals surface area contributed by atoms with Crippen LogP contribution in [0.2, 0.25) is 0 Å². The smallest absolute Gasteiger partial charge is 0.272 e. The number of primary amides is 1. The van der Waals surface area contributed by atoms with E-state index in [1.165, 1.54) is 24.3 Å². The molecule has 2 aromatic carbocycles. The summed E-state index contributed by atoms with van der Waals surface area (Å²) in [5, 5.41) is 13.3. The second-order valence-corrected chi connectivity index (χ2v) is 5.15. The Morgan fingerprint density at radius 3 is 2.44 bits per heavy atom. The Morgan fingerprint density at radius 2 is 1.84 bits per heavy atom. The molecule has 0 heterocycles. The maximum atomic E-state index is 13.2. The molecule has 0 spiro atoms. The van der Waals surface area contributed by atoms with E-state index in [9.17, 15) is 28.5 Å². The number of rotatable bonds is 6. The highest BCUT2D eigenvalue weighted by Gasteiger charge is 2.24. The minimum absolute atomic E-state index is 0.196. The molecule has 0 fully saturated rings. The maximum Gasteiger partial charge on any atom is 0.272 e.